The zero-order valence-electron chi connectivity index (χ0n) is 21.2. The Kier molecular flexibility index (Phi) is 6.00. The van der Waals surface area contributed by atoms with E-state index < -0.39 is 11.4 Å². The van der Waals surface area contributed by atoms with E-state index in [4.69, 9.17) is 11.6 Å². The molecule has 194 valence electrons. The molecule has 1 N–H and O–H groups in total. The van der Waals surface area contributed by atoms with E-state index in [1.807, 2.05) is 0 Å². The van der Waals surface area contributed by atoms with Crippen LogP contribution in [-0.2, 0) is 0 Å². The standard InChI is InChI=1S/C27H26ClFN8O/c1-16-13-18(14-17(2)23(16)35-11-9-34(3)10-12-35)32-27-31-15-19-22(33-27)25-30-7-8-36(25)37(26(19)38)24-20(28)5-4-6-21(24)29/h4-8,13-15H,9-12H2,1-3H3,(H,31,32,33). The highest BCUT2D eigenvalue weighted by atomic mass is 35.5. The summed E-state index contributed by atoms with van der Waals surface area (Å²) in [5.41, 5.74) is 4.60. The van der Waals surface area contributed by atoms with Crippen LogP contribution >= 0.6 is 11.6 Å². The van der Waals surface area contributed by atoms with Crippen LogP contribution in [0.4, 0.5) is 21.7 Å². The van der Waals surface area contributed by atoms with Crippen molar-refractivity contribution in [2.24, 2.45) is 0 Å². The first-order valence-corrected chi connectivity index (χ1v) is 12.7. The van der Waals surface area contributed by atoms with E-state index in [9.17, 15) is 9.18 Å². The zero-order valence-corrected chi connectivity index (χ0v) is 22.0. The van der Waals surface area contributed by atoms with Crippen LogP contribution in [0.5, 0.6) is 0 Å². The molecule has 11 heteroatoms. The van der Waals surface area contributed by atoms with Gasteiger partial charge in [0.05, 0.1) is 10.4 Å². The molecule has 0 atom stereocenters. The maximum Gasteiger partial charge on any atom is 0.281 e. The minimum atomic E-state index is -0.626. The number of hydrogen-bond acceptors (Lipinski definition) is 7. The summed E-state index contributed by atoms with van der Waals surface area (Å²) in [7, 11) is 2.15. The van der Waals surface area contributed by atoms with E-state index in [1.54, 1.807) is 6.20 Å². The molecule has 0 bridgehead atoms. The second-order valence-electron chi connectivity index (χ2n) is 9.61. The number of nitrogens with zero attached hydrogens (tertiary/aromatic N) is 7. The van der Waals surface area contributed by atoms with Crippen molar-refractivity contribution in [1.29, 1.82) is 0 Å². The van der Waals surface area contributed by atoms with Crippen LogP contribution in [0.2, 0.25) is 5.02 Å². The van der Waals surface area contributed by atoms with Crippen LogP contribution < -0.4 is 15.8 Å². The van der Waals surface area contributed by atoms with Gasteiger partial charge in [0.15, 0.2) is 5.65 Å². The van der Waals surface area contributed by atoms with Crippen LogP contribution in [0.1, 0.15) is 11.1 Å². The van der Waals surface area contributed by atoms with Gasteiger partial charge >= 0.3 is 0 Å². The van der Waals surface area contributed by atoms with Gasteiger partial charge in [-0.25, -0.2) is 28.5 Å². The topological polar surface area (TPSA) is 83.6 Å². The number of imidazole rings is 1. The monoisotopic (exact) mass is 532 g/mol. The number of rotatable bonds is 4. The van der Waals surface area contributed by atoms with E-state index in [2.05, 4.69) is 63.1 Å². The third-order valence-electron chi connectivity index (χ3n) is 6.98. The second kappa shape index (κ2) is 9.38. The number of anilines is 3. The predicted molar refractivity (Wildman–Crippen MR) is 148 cm³/mol. The molecule has 1 fully saturated rings. The molecule has 0 unspecified atom stereocenters. The fourth-order valence-corrected chi connectivity index (χ4v) is 5.44. The van der Waals surface area contributed by atoms with Gasteiger partial charge in [-0.3, -0.25) is 4.79 Å². The lowest BCUT2D eigenvalue weighted by molar-refractivity contribution is 0.312. The highest BCUT2D eigenvalue weighted by molar-refractivity contribution is 6.32. The summed E-state index contributed by atoms with van der Waals surface area (Å²) in [4.78, 5) is 31.7. The molecule has 38 heavy (non-hydrogen) atoms. The molecular formula is C27H26ClFN8O. The lowest BCUT2D eigenvalue weighted by Gasteiger charge is -2.36. The maximum atomic E-state index is 14.8. The van der Waals surface area contributed by atoms with Crippen molar-refractivity contribution in [1.82, 2.24) is 29.0 Å². The molecule has 0 saturated carbocycles. The Hall–Kier alpha value is -4.02. The van der Waals surface area contributed by atoms with Crippen molar-refractivity contribution in [2.75, 3.05) is 43.4 Å². The molecule has 3 aromatic heterocycles. The number of aromatic nitrogens is 5. The fourth-order valence-electron chi connectivity index (χ4n) is 5.20. The number of hydrogen-bond donors (Lipinski definition) is 1. The minimum absolute atomic E-state index is 0.0577. The van der Waals surface area contributed by atoms with Gasteiger partial charge in [-0.15, -0.1) is 0 Å². The molecule has 9 nitrogen and oxygen atoms in total. The van der Waals surface area contributed by atoms with Gasteiger partial charge < -0.3 is 15.1 Å². The molecule has 2 aromatic carbocycles. The molecule has 5 aromatic rings. The summed E-state index contributed by atoms with van der Waals surface area (Å²) in [6.07, 6.45) is 4.53. The first kappa shape index (κ1) is 24.3. The number of benzene rings is 2. The summed E-state index contributed by atoms with van der Waals surface area (Å²) < 4.78 is 17.4. The van der Waals surface area contributed by atoms with Crippen LogP contribution in [0.15, 0.2) is 53.7 Å². The Bertz CT molecular complexity index is 1710. The van der Waals surface area contributed by atoms with Gasteiger partial charge in [-0.1, -0.05) is 17.7 Å². The van der Waals surface area contributed by atoms with Crippen LogP contribution in [-0.4, -0.2) is 62.3 Å². The second-order valence-corrected chi connectivity index (χ2v) is 10.0. The molecule has 0 aliphatic carbocycles. The third kappa shape index (κ3) is 4.06. The maximum absolute atomic E-state index is 14.8. The lowest BCUT2D eigenvalue weighted by Crippen LogP contribution is -2.45. The summed E-state index contributed by atoms with van der Waals surface area (Å²) in [6.45, 7) is 8.28. The van der Waals surface area contributed by atoms with Crippen LogP contribution in [0.25, 0.3) is 22.2 Å². The molecule has 0 spiro atoms. The van der Waals surface area contributed by atoms with Gasteiger partial charge in [0.25, 0.3) is 5.56 Å². The van der Waals surface area contributed by atoms with E-state index >= 15 is 0 Å². The molecule has 0 radical (unpaired) electrons. The lowest BCUT2D eigenvalue weighted by atomic mass is 10.1. The van der Waals surface area contributed by atoms with E-state index in [0.29, 0.717) is 17.1 Å². The first-order valence-electron chi connectivity index (χ1n) is 12.3. The molecule has 1 aliphatic heterocycles. The van der Waals surface area contributed by atoms with Crippen LogP contribution in [0.3, 0.4) is 0 Å². The molecule has 6 rings (SSSR count). The SMILES string of the molecule is Cc1cc(Nc2ncc3c(=O)n(-c4c(F)cccc4Cl)n4ccnc4c3n2)cc(C)c1N1CCN(C)CC1. The Morgan fingerprint density at radius 1 is 1.03 bits per heavy atom. The average Bonchev–Trinajstić information content (AvgIpc) is 3.36. The highest BCUT2D eigenvalue weighted by Gasteiger charge is 2.21. The molecule has 0 amide bonds. The number of para-hydroxylation sites is 1. The van der Waals surface area contributed by atoms with Crippen molar-refractivity contribution in [3.05, 3.63) is 81.2 Å². The number of likely N-dealkylation sites (N-methyl/N-ethyl adjacent to an activating group) is 1. The smallest absolute Gasteiger partial charge is 0.281 e. The quantitative estimate of drug-likeness (QED) is 0.369. The van der Waals surface area contributed by atoms with Gasteiger partial charge in [-0.2, -0.15) is 0 Å². The van der Waals surface area contributed by atoms with Crippen molar-refractivity contribution in [2.45, 2.75) is 13.8 Å². The van der Waals surface area contributed by atoms with Crippen molar-refractivity contribution < 1.29 is 4.39 Å². The number of aryl methyl sites for hydroxylation is 2. The van der Waals surface area contributed by atoms with Gasteiger partial charge in [0.2, 0.25) is 5.95 Å². The van der Waals surface area contributed by atoms with Gasteiger partial charge in [-0.05, 0) is 56.3 Å². The Balaban J connectivity index is 1.40. The highest BCUT2D eigenvalue weighted by Crippen LogP contribution is 2.31. The Morgan fingerprint density at radius 3 is 2.47 bits per heavy atom. The number of fused-ring (bicyclic) bond motifs is 3. The van der Waals surface area contributed by atoms with E-state index in [1.165, 1.54) is 40.8 Å². The largest absolute Gasteiger partial charge is 0.369 e. The average molecular weight is 533 g/mol. The molecule has 1 aliphatic rings. The Morgan fingerprint density at radius 2 is 1.76 bits per heavy atom. The number of piperazine rings is 1. The molecular weight excluding hydrogens is 507 g/mol. The van der Waals surface area contributed by atoms with Gasteiger partial charge in [0, 0.05) is 56.1 Å². The fraction of sp³-hybridized carbons (Fsp3) is 0.259. The van der Waals surface area contributed by atoms with Crippen molar-refractivity contribution in [3.63, 3.8) is 0 Å². The van der Waals surface area contributed by atoms with E-state index in [-0.39, 0.29) is 16.1 Å². The summed E-state index contributed by atoms with van der Waals surface area (Å²) in [6, 6.07) is 8.43. The van der Waals surface area contributed by atoms with Gasteiger partial charge in [0.1, 0.15) is 17.0 Å². The normalized spacial score (nSPS) is 14.5. The summed E-state index contributed by atoms with van der Waals surface area (Å²) in [5, 5.41) is 3.58. The third-order valence-corrected chi connectivity index (χ3v) is 7.28. The number of nitrogens with one attached hydrogen (secondary N) is 1. The van der Waals surface area contributed by atoms with Crippen LogP contribution in [0, 0.1) is 19.7 Å². The van der Waals surface area contributed by atoms with Crippen molar-refractivity contribution >= 4 is 45.5 Å². The summed E-state index contributed by atoms with van der Waals surface area (Å²) in [5.74, 6) is -0.298. The summed E-state index contributed by atoms with van der Waals surface area (Å²) >= 11 is 6.28. The predicted octanol–water partition coefficient (Wildman–Crippen LogP) is 4.33. The molecule has 4 heterocycles. The first-order chi connectivity index (χ1) is 18.3. The molecule has 1 saturated heterocycles. The zero-order chi connectivity index (χ0) is 26.6. The van der Waals surface area contributed by atoms with Crippen molar-refractivity contribution in [3.8, 4) is 5.69 Å². The van der Waals surface area contributed by atoms with E-state index in [0.717, 1.165) is 47.7 Å². The minimum Gasteiger partial charge on any atom is -0.369 e. The Labute approximate surface area is 223 Å². The number of halogens is 2.